The van der Waals surface area contributed by atoms with Crippen LogP contribution in [0, 0.1) is 19.3 Å². The molecule has 3 rings (SSSR count). The Hall–Kier alpha value is -2.23. The lowest BCUT2D eigenvalue weighted by Gasteiger charge is -2.43. The van der Waals surface area contributed by atoms with Crippen molar-refractivity contribution in [2.45, 2.75) is 138 Å². The van der Waals surface area contributed by atoms with Crippen molar-refractivity contribution >= 4 is 8.32 Å². The summed E-state index contributed by atoms with van der Waals surface area (Å²) in [5.74, 6) is 0. The first-order valence-electron chi connectivity index (χ1n) is 16.3. The summed E-state index contributed by atoms with van der Waals surface area (Å²) in [5.41, 5.74) is 10.6. The minimum Gasteiger partial charge on any atom is -0.413 e. The van der Waals surface area contributed by atoms with E-state index >= 15 is 0 Å². The summed E-state index contributed by atoms with van der Waals surface area (Å²) in [6.07, 6.45) is 7.51. The molecule has 2 aromatic carbocycles. The Kier molecular flexibility index (Phi) is 10.8. The van der Waals surface area contributed by atoms with Gasteiger partial charge in [0.05, 0.1) is 11.8 Å². The zero-order valence-corrected chi connectivity index (χ0v) is 30.2. The Morgan fingerprint density at radius 1 is 0.786 bits per heavy atom. The van der Waals surface area contributed by atoms with Crippen LogP contribution in [-0.4, -0.2) is 19.4 Å². The van der Waals surface area contributed by atoms with Crippen molar-refractivity contribution in [3.63, 3.8) is 0 Å². The topological polar surface area (TPSA) is 22.1 Å². The number of aryl methyl sites for hydroxylation is 4. The van der Waals surface area contributed by atoms with Gasteiger partial charge >= 0.3 is 0 Å². The second kappa shape index (κ2) is 13.2. The third-order valence-corrected chi connectivity index (χ3v) is 14.8. The molecule has 0 N–H and O–H groups in total. The molecule has 0 aliphatic rings. The third kappa shape index (κ3) is 7.45. The SMILES string of the molecule is CCc1ccc(-c2ccc(C(CC)(CC)c3ccc(CCC(O[Si](C)(C)C(C)(C)C)C(C)(C)C)c(C)c3)cc2C)nc1. The molecule has 2 nitrogen and oxygen atoms in total. The van der Waals surface area contributed by atoms with Gasteiger partial charge in [0.15, 0.2) is 8.32 Å². The summed E-state index contributed by atoms with van der Waals surface area (Å²) in [7, 11) is -1.85. The standard InChI is InChI=1S/C39H59NOSi/c1-14-30-17-23-35(40-27-30)34-22-21-33(26-29(34)5)39(15-2,16-3)32-20-18-31(28(4)25-32)19-24-36(37(6,7)8)41-42(12,13)38(9,10)11/h17-18,20-23,25-27,36H,14-16,19,24H2,1-13H3. The molecule has 0 fully saturated rings. The quantitative estimate of drug-likeness (QED) is 0.209. The molecule has 1 atom stereocenters. The predicted molar refractivity (Wildman–Crippen MR) is 186 cm³/mol. The molecule has 1 unspecified atom stereocenters. The van der Waals surface area contributed by atoms with E-state index in [9.17, 15) is 0 Å². The van der Waals surface area contributed by atoms with Crippen LogP contribution in [0.1, 0.15) is 115 Å². The molecule has 0 spiro atoms. The molecule has 3 aromatic rings. The average Bonchev–Trinajstić information content (AvgIpc) is 2.92. The number of hydrogen-bond acceptors (Lipinski definition) is 2. The molecular formula is C39H59NOSi. The van der Waals surface area contributed by atoms with E-state index in [0.29, 0.717) is 0 Å². The van der Waals surface area contributed by atoms with Crippen molar-refractivity contribution in [1.82, 2.24) is 4.98 Å². The highest BCUT2D eigenvalue weighted by Gasteiger charge is 2.41. The number of rotatable bonds is 11. The largest absolute Gasteiger partial charge is 0.413 e. The number of nitrogens with zero attached hydrogens (tertiary/aromatic N) is 1. The zero-order valence-electron chi connectivity index (χ0n) is 29.2. The molecule has 0 bridgehead atoms. The van der Waals surface area contributed by atoms with Gasteiger partial charge in [-0.2, -0.15) is 0 Å². The predicted octanol–water partition coefficient (Wildman–Crippen LogP) is 11.4. The van der Waals surface area contributed by atoms with Gasteiger partial charge in [0.2, 0.25) is 0 Å². The van der Waals surface area contributed by atoms with E-state index in [2.05, 4.69) is 138 Å². The Morgan fingerprint density at radius 2 is 1.38 bits per heavy atom. The molecule has 0 saturated heterocycles. The first-order valence-corrected chi connectivity index (χ1v) is 19.2. The van der Waals surface area contributed by atoms with E-state index < -0.39 is 8.32 Å². The van der Waals surface area contributed by atoms with Crippen LogP contribution in [0.4, 0.5) is 0 Å². The summed E-state index contributed by atoms with van der Waals surface area (Å²) in [5, 5.41) is 0.213. The minimum absolute atomic E-state index is 0.00847. The van der Waals surface area contributed by atoms with Gasteiger partial charge in [0.25, 0.3) is 0 Å². The van der Waals surface area contributed by atoms with Crippen LogP contribution in [0.3, 0.4) is 0 Å². The summed E-state index contributed by atoms with van der Waals surface area (Å²) in [6, 6.07) is 18.7. The Morgan fingerprint density at radius 3 is 1.83 bits per heavy atom. The molecule has 1 aromatic heterocycles. The minimum atomic E-state index is -1.85. The molecule has 230 valence electrons. The van der Waals surface area contributed by atoms with Crippen LogP contribution in [0.5, 0.6) is 0 Å². The van der Waals surface area contributed by atoms with Gasteiger partial charge in [-0.1, -0.05) is 105 Å². The first-order chi connectivity index (χ1) is 19.5. The van der Waals surface area contributed by atoms with Crippen molar-refractivity contribution in [2.24, 2.45) is 5.41 Å². The number of hydrogen-bond donors (Lipinski definition) is 0. The average molecular weight is 586 g/mol. The van der Waals surface area contributed by atoms with E-state index in [1.807, 2.05) is 6.20 Å². The maximum atomic E-state index is 7.00. The summed E-state index contributed by atoms with van der Waals surface area (Å²) >= 11 is 0. The van der Waals surface area contributed by atoms with Crippen LogP contribution < -0.4 is 0 Å². The van der Waals surface area contributed by atoms with Gasteiger partial charge in [0, 0.05) is 17.2 Å². The Bertz CT molecular complexity index is 1320. The number of benzene rings is 2. The van der Waals surface area contributed by atoms with Crippen LogP contribution in [0.2, 0.25) is 18.1 Å². The van der Waals surface area contributed by atoms with Gasteiger partial charge < -0.3 is 4.43 Å². The number of aromatic nitrogens is 1. The van der Waals surface area contributed by atoms with E-state index in [0.717, 1.165) is 37.8 Å². The van der Waals surface area contributed by atoms with Gasteiger partial charge in [0.1, 0.15) is 0 Å². The molecule has 3 heteroatoms. The molecule has 0 saturated carbocycles. The molecule has 0 aliphatic heterocycles. The highest BCUT2D eigenvalue weighted by atomic mass is 28.4. The fourth-order valence-electron chi connectivity index (χ4n) is 6.04. The first kappa shape index (κ1) is 34.3. The van der Waals surface area contributed by atoms with Crippen LogP contribution in [0.25, 0.3) is 11.3 Å². The lowest BCUT2D eigenvalue weighted by molar-refractivity contribution is 0.0657. The lowest BCUT2D eigenvalue weighted by atomic mass is 9.69. The molecule has 42 heavy (non-hydrogen) atoms. The van der Waals surface area contributed by atoms with Crippen molar-refractivity contribution in [3.8, 4) is 11.3 Å². The van der Waals surface area contributed by atoms with Crippen molar-refractivity contribution < 1.29 is 4.43 Å². The van der Waals surface area contributed by atoms with E-state index in [4.69, 9.17) is 9.41 Å². The Balaban J connectivity index is 1.89. The molecule has 0 radical (unpaired) electrons. The molecule has 0 amide bonds. The van der Waals surface area contributed by atoms with E-state index in [1.165, 1.54) is 38.9 Å². The number of pyridine rings is 1. The second-order valence-electron chi connectivity index (χ2n) is 15.1. The molecule has 0 aliphatic carbocycles. The smallest absolute Gasteiger partial charge is 0.192 e. The monoisotopic (exact) mass is 585 g/mol. The fourth-order valence-corrected chi connectivity index (χ4v) is 7.57. The third-order valence-electron chi connectivity index (χ3n) is 10.3. The maximum absolute atomic E-state index is 7.00. The van der Waals surface area contributed by atoms with E-state index in [1.54, 1.807) is 0 Å². The van der Waals surface area contributed by atoms with Crippen LogP contribution in [0.15, 0.2) is 54.7 Å². The van der Waals surface area contributed by atoms with Gasteiger partial charge in [-0.25, -0.2) is 0 Å². The second-order valence-corrected chi connectivity index (χ2v) is 19.9. The highest BCUT2D eigenvalue weighted by molar-refractivity contribution is 6.74. The van der Waals surface area contributed by atoms with Crippen molar-refractivity contribution in [3.05, 3.63) is 88.1 Å². The van der Waals surface area contributed by atoms with E-state index in [-0.39, 0.29) is 22.0 Å². The Labute approximate surface area is 259 Å². The zero-order chi connectivity index (χ0) is 31.5. The van der Waals surface area contributed by atoms with Crippen LogP contribution in [-0.2, 0) is 22.7 Å². The van der Waals surface area contributed by atoms with Crippen LogP contribution >= 0.6 is 0 Å². The lowest BCUT2D eigenvalue weighted by Crippen LogP contribution is -2.47. The summed E-state index contributed by atoms with van der Waals surface area (Å²) < 4.78 is 7.00. The van der Waals surface area contributed by atoms with Gasteiger partial charge in [-0.3, -0.25) is 4.98 Å². The summed E-state index contributed by atoms with van der Waals surface area (Å²) in [6.45, 7) is 30.2. The maximum Gasteiger partial charge on any atom is 0.192 e. The van der Waals surface area contributed by atoms with Crippen molar-refractivity contribution in [2.75, 3.05) is 0 Å². The fraction of sp³-hybridized carbons (Fsp3) is 0.564. The summed E-state index contributed by atoms with van der Waals surface area (Å²) in [4.78, 5) is 4.76. The van der Waals surface area contributed by atoms with Crippen molar-refractivity contribution in [1.29, 1.82) is 0 Å². The normalized spacial score (nSPS) is 13.8. The molecular weight excluding hydrogens is 527 g/mol. The molecule has 1 heterocycles. The highest BCUT2D eigenvalue weighted by Crippen LogP contribution is 2.42. The van der Waals surface area contributed by atoms with Gasteiger partial charge in [-0.15, -0.1) is 0 Å². The van der Waals surface area contributed by atoms with Gasteiger partial charge in [-0.05, 0) is 109 Å².